The maximum atomic E-state index is 12.4. The average molecular weight is 335 g/mol. The minimum absolute atomic E-state index is 0.0344. The number of aliphatic hydroxyl groups is 1. The zero-order valence-corrected chi connectivity index (χ0v) is 12.5. The Morgan fingerprint density at radius 2 is 2.00 bits per heavy atom. The maximum absolute atomic E-state index is 12.4. The van der Waals surface area contributed by atoms with Crippen molar-refractivity contribution in [1.29, 1.82) is 0 Å². The highest BCUT2D eigenvalue weighted by Gasteiger charge is 2.41. The van der Waals surface area contributed by atoms with Crippen LogP contribution in [0.3, 0.4) is 0 Å². The highest BCUT2D eigenvalue weighted by molar-refractivity contribution is 7.14. The zero-order chi connectivity index (χ0) is 16.5. The molecule has 0 bridgehead atoms. The molecule has 1 aliphatic rings. The van der Waals surface area contributed by atoms with Gasteiger partial charge in [-0.3, -0.25) is 4.79 Å². The summed E-state index contributed by atoms with van der Waals surface area (Å²) in [5.74, 6) is -2.00. The monoisotopic (exact) mass is 335 g/mol. The molecule has 0 atom stereocenters. The number of carbonyl (C=O) groups excluding carboxylic acids is 1. The lowest BCUT2D eigenvalue weighted by Gasteiger charge is -2.35. The number of carboxylic acid groups (broad SMARTS) is 1. The molecule has 1 amide bonds. The Morgan fingerprint density at radius 3 is 2.50 bits per heavy atom. The first-order chi connectivity index (χ1) is 10.2. The van der Waals surface area contributed by atoms with Gasteiger partial charge in [0.25, 0.3) is 5.91 Å². The van der Waals surface area contributed by atoms with Gasteiger partial charge in [-0.25, -0.2) is 4.79 Å². The molecule has 2 N–H and O–H groups in total. The molecule has 0 aromatic carbocycles. The van der Waals surface area contributed by atoms with Crippen LogP contribution >= 0.6 is 11.3 Å². The summed E-state index contributed by atoms with van der Waals surface area (Å²) in [5, 5.41) is 18.8. The minimum Gasteiger partial charge on any atom is -0.479 e. The summed E-state index contributed by atoms with van der Waals surface area (Å²) in [6.07, 6.45) is -0.215. The largest absolute Gasteiger partial charge is 0.479 e. The number of halogens is 2. The lowest BCUT2D eigenvalue weighted by molar-refractivity contribution is -0.162. The number of alkyl halides is 2. The third-order valence-corrected chi connectivity index (χ3v) is 4.53. The fraction of sp³-hybridized carbons (Fsp3) is 0.538. The molecular formula is C13H15F2NO5S. The van der Waals surface area contributed by atoms with E-state index in [-0.39, 0.29) is 36.6 Å². The number of carboxylic acids is 1. The van der Waals surface area contributed by atoms with Crippen molar-refractivity contribution >= 4 is 23.2 Å². The fourth-order valence-electron chi connectivity index (χ4n) is 2.26. The Hall–Kier alpha value is -1.74. The number of nitrogens with zero attached hydrogens (tertiary/aromatic N) is 1. The summed E-state index contributed by atoms with van der Waals surface area (Å²) in [6.45, 7) is -1.29. The lowest BCUT2D eigenvalue weighted by atomic mass is 9.91. The molecule has 0 aliphatic carbocycles. The van der Waals surface area contributed by atoms with Crippen LogP contribution in [-0.4, -0.2) is 52.3 Å². The predicted octanol–water partition coefficient (Wildman–Crippen LogP) is 1.71. The third kappa shape index (κ3) is 3.36. The van der Waals surface area contributed by atoms with Crippen molar-refractivity contribution in [3.63, 3.8) is 0 Å². The van der Waals surface area contributed by atoms with E-state index in [1.807, 2.05) is 0 Å². The Morgan fingerprint density at radius 1 is 1.41 bits per heavy atom. The number of hydrogen-bond acceptors (Lipinski definition) is 5. The summed E-state index contributed by atoms with van der Waals surface area (Å²) >= 11 is 1.04. The van der Waals surface area contributed by atoms with E-state index in [0.29, 0.717) is 4.88 Å². The summed E-state index contributed by atoms with van der Waals surface area (Å²) in [6, 6.07) is 1.36. The van der Waals surface area contributed by atoms with Crippen molar-refractivity contribution in [3.05, 3.63) is 15.8 Å². The van der Waals surface area contributed by atoms with Crippen molar-refractivity contribution in [2.75, 3.05) is 13.1 Å². The number of piperidine rings is 1. The Bertz CT molecular complexity index is 581. The first-order valence-electron chi connectivity index (χ1n) is 6.53. The maximum Gasteiger partial charge on any atom is 0.387 e. The van der Waals surface area contributed by atoms with E-state index in [2.05, 4.69) is 4.74 Å². The number of thiophene rings is 1. The van der Waals surface area contributed by atoms with Crippen LogP contribution in [0.2, 0.25) is 0 Å². The van der Waals surface area contributed by atoms with Crippen molar-refractivity contribution in [1.82, 2.24) is 4.90 Å². The van der Waals surface area contributed by atoms with Gasteiger partial charge in [-0.05, 0) is 13.0 Å². The molecule has 1 aromatic heterocycles. The van der Waals surface area contributed by atoms with Crippen molar-refractivity contribution in [3.8, 4) is 5.75 Å². The van der Waals surface area contributed by atoms with Gasteiger partial charge in [-0.15, -0.1) is 11.3 Å². The van der Waals surface area contributed by atoms with E-state index in [0.717, 1.165) is 11.3 Å². The van der Waals surface area contributed by atoms with Gasteiger partial charge in [0.1, 0.15) is 10.6 Å². The van der Waals surface area contributed by atoms with Gasteiger partial charge in [0.2, 0.25) is 0 Å². The van der Waals surface area contributed by atoms with E-state index in [9.17, 15) is 23.5 Å². The number of carbonyl (C=O) groups is 2. The molecule has 1 fully saturated rings. The topological polar surface area (TPSA) is 87.1 Å². The van der Waals surface area contributed by atoms with E-state index < -0.39 is 24.1 Å². The van der Waals surface area contributed by atoms with Gasteiger partial charge in [0.15, 0.2) is 5.60 Å². The van der Waals surface area contributed by atoms with Crippen LogP contribution < -0.4 is 4.74 Å². The number of aryl methyl sites for hydroxylation is 1. The molecule has 22 heavy (non-hydrogen) atoms. The molecule has 1 aromatic rings. The summed E-state index contributed by atoms with van der Waals surface area (Å²) in [4.78, 5) is 25.4. The molecule has 2 rings (SSSR count). The minimum atomic E-state index is -3.03. The highest BCUT2D eigenvalue weighted by Crippen LogP contribution is 2.33. The number of ether oxygens (including phenoxy) is 1. The van der Waals surface area contributed by atoms with Crippen molar-refractivity contribution in [2.24, 2.45) is 0 Å². The SMILES string of the molecule is Cc1cc(OC(F)F)c(C(=O)N2CCC(O)(C(=O)O)CC2)s1. The Kier molecular flexibility index (Phi) is 4.66. The Labute approximate surface area is 128 Å². The molecule has 0 spiro atoms. The number of aliphatic carboxylic acids is 1. The summed E-state index contributed by atoms with van der Waals surface area (Å²) in [7, 11) is 0. The molecule has 0 unspecified atom stereocenters. The quantitative estimate of drug-likeness (QED) is 0.875. The van der Waals surface area contributed by atoms with Gasteiger partial charge in [0.05, 0.1) is 0 Å². The number of hydrogen-bond donors (Lipinski definition) is 2. The van der Waals surface area contributed by atoms with Crippen LogP contribution in [0.4, 0.5) is 8.78 Å². The second-order valence-corrected chi connectivity index (χ2v) is 6.31. The second-order valence-electron chi connectivity index (χ2n) is 5.06. The standard InChI is InChI=1S/C13H15F2NO5S/c1-7-6-8(21-12(14)15)9(22-7)10(17)16-4-2-13(20,3-5-16)11(18)19/h6,12,20H,2-5H2,1H3,(H,18,19). The van der Waals surface area contributed by atoms with Crippen LogP contribution in [0.15, 0.2) is 6.07 Å². The van der Waals surface area contributed by atoms with Crippen LogP contribution in [0.1, 0.15) is 27.4 Å². The summed E-state index contributed by atoms with van der Waals surface area (Å²) in [5.41, 5.74) is -1.84. The first-order valence-corrected chi connectivity index (χ1v) is 7.35. The predicted molar refractivity (Wildman–Crippen MR) is 73.4 cm³/mol. The van der Waals surface area contributed by atoms with Crippen LogP contribution in [-0.2, 0) is 4.79 Å². The normalized spacial score (nSPS) is 17.6. The van der Waals surface area contributed by atoms with E-state index >= 15 is 0 Å². The zero-order valence-electron chi connectivity index (χ0n) is 11.7. The Balaban J connectivity index is 2.12. The van der Waals surface area contributed by atoms with E-state index in [1.165, 1.54) is 11.0 Å². The van der Waals surface area contributed by atoms with E-state index in [4.69, 9.17) is 5.11 Å². The van der Waals surface area contributed by atoms with Crippen LogP contribution in [0, 0.1) is 6.92 Å². The average Bonchev–Trinajstić information content (AvgIpc) is 2.78. The molecule has 0 saturated carbocycles. The smallest absolute Gasteiger partial charge is 0.387 e. The lowest BCUT2D eigenvalue weighted by Crippen LogP contribution is -2.50. The van der Waals surface area contributed by atoms with Gasteiger partial charge >= 0.3 is 12.6 Å². The third-order valence-electron chi connectivity index (χ3n) is 3.51. The molecule has 9 heteroatoms. The van der Waals surface area contributed by atoms with Gasteiger partial charge in [-0.2, -0.15) is 8.78 Å². The van der Waals surface area contributed by atoms with Crippen molar-refractivity contribution in [2.45, 2.75) is 32.0 Å². The van der Waals surface area contributed by atoms with Gasteiger partial charge in [-0.1, -0.05) is 0 Å². The summed E-state index contributed by atoms with van der Waals surface area (Å²) < 4.78 is 29.1. The second kappa shape index (κ2) is 6.17. The molecule has 1 aliphatic heterocycles. The van der Waals surface area contributed by atoms with Gasteiger partial charge < -0.3 is 19.8 Å². The van der Waals surface area contributed by atoms with Crippen LogP contribution in [0.5, 0.6) is 5.75 Å². The molecular weight excluding hydrogens is 320 g/mol. The van der Waals surface area contributed by atoms with Crippen LogP contribution in [0.25, 0.3) is 0 Å². The van der Waals surface area contributed by atoms with E-state index in [1.54, 1.807) is 6.92 Å². The highest BCUT2D eigenvalue weighted by atomic mass is 32.1. The molecule has 6 nitrogen and oxygen atoms in total. The number of amides is 1. The fourth-order valence-corrected chi connectivity index (χ4v) is 3.17. The molecule has 1 saturated heterocycles. The molecule has 0 radical (unpaired) electrons. The number of likely N-dealkylation sites (tertiary alicyclic amines) is 1. The number of rotatable bonds is 4. The molecule has 2 heterocycles. The molecule has 122 valence electrons. The van der Waals surface area contributed by atoms with Gasteiger partial charge in [0, 0.05) is 30.8 Å². The first kappa shape index (κ1) is 16.6. The van der Waals surface area contributed by atoms with Crippen molar-refractivity contribution < 1.29 is 33.3 Å².